The van der Waals surface area contributed by atoms with Gasteiger partial charge in [-0.1, -0.05) is 19.1 Å². The van der Waals surface area contributed by atoms with Crippen LogP contribution in [0.4, 0.5) is 14.5 Å². The van der Waals surface area contributed by atoms with Gasteiger partial charge in [-0.3, -0.25) is 9.48 Å². The van der Waals surface area contributed by atoms with E-state index in [9.17, 15) is 13.6 Å². The Bertz CT molecular complexity index is 719. The average molecular weight is 337 g/mol. The molecule has 0 saturated heterocycles. The van der Waals surface area contributed by atoms with Gasteiger partial charge in [-0.25, -0.2) is 8.78 Å². The lowest BCUT2D eigenvalue weighted by Gasteiger charge is -2.38. The molecule has 2 atom stereocenters. The van der Waals surface area contributed by atoms with Gasteiger partial charge in [0.2, 0.25) is 0 Å². The molecule has 0 N–H and O–H groups in total. The number of hydrogen-bond donors (Lipinski definition) is 0. The summed E-state index contributed by atoms with van der Waals surface area (Å²) in [6.45, 7) is 3.45. The van der Waals surface area contributed by atoms with Gasteiger partial charge < -0.3 is 4.90 Å². The van der Waals surface area contributed by atoms with Crippen LogP contribution in [0.2, 0.25) is 0 Å². The zero-order valence-corrected chi connectivity index (χ0v) is 13.6. The second-order valence-electron chi connectivity index (χ2n) is 5.50. The molecule has 0 fully saturated rings. The van der Waals surface area contributed by atoms with Crippen LogP contribution in [-0.4, -0.2) is 33.4 Å². The summed E-state index contributed by atoms with van der Waals surface area (Å²) in [5, 5.41) is 4.06. The number of benzene rings is 1. The molecule has 122 valence electrons. The number of nitrogens with zero attached hydrogens (tertiary/aromatic N) is 3. The van der Waals surface area contributed by atoms with Crippen molar-refractivity contribution < 1.29 is 13.6 Å². The first-order valence-corrected chi connectivity index (χ1v) is 8.26. The predicted molar refractivity (Wildman–Crippen MR) is 86.3 cm³/mol. The van der Waals surface area contributed by atoms with Crippen LogP contribution in [0.5, 0.6) is 0 Å². The molecule has 0 aliphatic carbocycles. The summed E-state index contributed by atoms with van der Waals surface area (Å²) in [7, 11) is 0. The molecule has 4 nitrogen and oxygen atoms in total. The van der Waals surface area contributed by atoms with Crippen LogP contribution in [0.25, 0.3) is 0 Å². The number of anilines is 1. The van der Waals surface area contributed by atoms with Crippen molar-refractivity contribution in [2.75, 3.05) is 4.90 Å². The molecule has 2 aromatic rings. The van der Waals surface area contributed by atoms with Crippen molar-refractivity contribution in [3.05, 3.63) is 42.2 Å². The van der Waals surface area contributed by atoms with Crippen molar-refractivity contribution in [1.29, 1.82) is 0 Å². The lowest BCUT2D eigenvalue weighted by molar-refractivity contribution is 0.0946. The first kappa shape index (κ1) is 16.0. The number of thioether (sulfide) groups is 1. The number of amides is 1. The largest absolute Gasteiger partial charge is 0.302 e. The summed E-state index contributed by atoms with van der Waals surface area (Å²) >= 11 is 1.72. The van der Waals surface area contributed by atoms with E-state index in [4.69, 9.17) is 0 Å². The van der Waals surface area contributed by atoms with Gasteiger partial charge in [-0.05, 0) is 25.1 Å². The van der Waals surface area contributed by atoms with E-state index in [1.807, 2.05) is 31.2 Å². The molecule has 1 aliphatic rings. The molecule has 7 heteroatoms. The molecule has 23 heavy (non-hydrogen) atoms. The molecule has 1 amide bonds. The molecule has 1 aliphatic heterocycles. The Morgan fingerprint density at radius 1 is 1.30 bits per heavy atom. The van der Waals surface area contributed by atoms with E-state index in [-0.39, 0.29) is 22.9 Å². The van der Waals surface area contributed by atoms with Crippen LogP contribution in [0.1, 0.15) is 24.3 Å². The van der Waals surface area contributed by atoms with E-state index in [2.05, 4.69) is 12.0 Å². The highest BCUT2D eigenvalue weighted by Gasteiger charge is 2.35. The zero-order valence-electron chi connectivity index (χ0n) is 12.8. The Hall–Kier alpha value is -1.89. The van der Waals surface area contributed by atoms with E-state index in [1.165, 1.54) is 12.3 Å². The highest BCUT2D eigenvalue weighted by atomic mass is 32.2. The van der Waals surface area contributed by atoms with Crippen molar-refractivity contribution in [2.45, 2.75) is 43.0 Å². The second kappa shape index (κ2) is 6.31. The van der Waals surface area contributed by atoms with Crippen molar-refractivity contribution in [3.63, 3.8) is 0 Å². The third-order valence-electron chi connectivity index (χ3n) is 3.99. The number of carbonyl (C=O) groups excluding carboxylic acids is 1. The van der Waals surface area contributed by atoms with Crippen LogP contribution >= 0.6 is 11.8 Å². The van der Waals surface area contributed by atoms with Gasteiger partial charge >= 0.3 is 0 Å². The lowest BCUT2D eigenvalue weighted by atomic mass is 10.1. The molecule has 0 bridgehead atoms. The maximum Gasteiger partial charge on any atom is 0.276 e. The lowest BCUT2D eigenvalue weighted by Crippen LogP contribution is -2.46. The van der Waals surface area contributed by atoms with Gasteiger partial charge in [0.05, 0.1) is 5.69 Å². The Labute approximate surface area is 137 Å². The highest BCUT2D eigenvalue weighted by molar-refractivity contribution is 8.00. The quantitative estimate of drug-likeness (QED) is 0.857. The predicted octanol–water partition coefficient (Wildman–Crippen LogP) is 3.68. The smallest absolute Gasteiger partial charge is 0.276 e. The molecule has 2 heterocycles. The topological polar surface area (TPSA) is 38.1 Å². The molecular formula is C16H17F2N3OS. The van der Waals surface area contributed by atoms with Gasteiger partial charge in [0, 0.05) is 22.4 Å². The number of halogens is 2. The summed E-state index contributed by atoms with van der Waals surface area (Å²) in [5.74, 6) is -0.296. The fraction of sp³-hybridized carbons (Fsp3) is 0.375. The molecule has 0 radical (unpaired) electrons. The van der Waals surface area contributed by atoms with Crippen LogP contribution in [0.15, 0.2) is 41.4 Å². The fourth-order valence-electron chi connectivity index (χ4n) is 2.69. The van der Waals surface area contributed by atoms with Crippen LogP contribution < -0.4 is 4.90 Å². The number of rotatable bonds is 3. The summed E-state index contributed by atoms with van der Waals surface area (Å²) in [6.07, 6.45) is -1.17. The van der Waals surface area contributed by atoms with Crippen molar-refractivity contribution in [3.8, 4) is 0 Å². The van der Waals surface area contributed by atoms with Crippen molar-refractivity contribution in [2.24, 2.45) is 0 Å². The maximum absolute atomic E-state index is 13.0. The summed E-state index contributed by atoms with van der Waals surface area (Å²) in [5.41, 5.74) is 1.00. The number of alkyl halides is 2. The van der Waals surface area contributed by atoms with Gasteiger partial charge in [0.25, 0.3) is 12.3 Å². The number of carbonyl (C=O) groups is 1. The fourth-order valence-corrected chi connectivity index (χ4v) is 3.86. The van der Waals surface area contributed by atoms with Crippen LogP contribution in [0.3, 0.4) is 0 Å². The minimum Gasteiger partial charge on any atom is -0.302 e. The Morgan fingerprint density at radius 2 is 2.04 bits per heavy atom. The maximum atomic E-state index is 13.0. The standard InChI is InChI=1S/C16H17F2N3OS/c1-10-11(2)23-14-6-4-3-5-12(14)21(10)16(22)13-7-8-19-20(13)9-15(17)18/h3-8,10-11,15H,9H2,1-2H3. The molecule has 1 aromatic heterocycles. The molecule has 2 unspecified atom stereocenters. The second-order valence-corrected chi connectivity index (χ2v) is 6.92. The van der Waals surface area contributed by atoms with Gasteiger partial charge in [0.1, 0.15) is 12.2 Å². The van der Waals surface area contributed by atoms with Gasteiger partial charge in [-0.2, -0.15) is 5.10 Å². The average Bonchev–Trinajstić information content (AvgIpc) is 2.95. The minimum absolute atomic E-state index is 0.0442. The molecule has 1 aromatic carbocycles. The van der Waals surface area contributed by atoms with E-state index in [0.717, 1.165) is 15.3 Å². The van der Waals surface area contributed by atoms with E-state index >= 15 is 0 Å². The molecular weight excluding hydrogens is 320 g/mol. The molecule has 0 saturated carbocycles. The summed E-state index contributed by atoms with van der Waals surface area (Å²) < 4.78 is 26.4. The number of para-hydroxylation sites is 1. The van der Waals surface area contributed by atoms with E-state index in [0.29, 0.717) is 0 Å². The normalized spacial score (nSPS) is 20.7. The highest BCUT2D eigenvalue weighted by Crippen LogP contribution is 2.41. The van der Waals surface area contributed by atoms with Crippen molar-refractivity contribution >= 4 is 23.4 Å². The summed E-state index contributed by atoms with van der Waals surface area (Å²) in [4.78, 5) is 15.7. The Morgan fingerprint density at radius 3 is 2.78 bits per heavy atom. The Kier molecular flexibility index (Phi) is 4.39. The first-order chi connectivity index (χ1) is 11.0. The number of hydrogen-bond acceptors (Lipinski definition) is 3. The molecule has 0 spiro atoms. The van der Waals surface area contributed by atoms with E-state index in [1.54, 1.807) is 16.7 Å². The zero-order chi connectivity index (χ0) is 16.6. The minimum atomic E-state index is -2.55. The van der Waals surface area contributed by atoms with Crippen molar-refractivity contribution in [1.82, 2.24) is 9.78 Å². The van der Waals surface area contributed by atoms with Crippen LogP contribution in [0, 0.1) is 0 Å². The number of aromatic nitrogens is 2. The summed E-state index contributed by atoms with van der Waals surface area (Å²) in [6, 6.07) is 9.11. The third-order valence-corrected chi connectivity index (χ3v) is 5.35. The molecule has 3 rings (SSSR count). The van der Waals surface area contributed by atoms with E-state index < -0.39 is 13.0 Å². The van der Waals surface area contributed by atoms with Crippen LogP contribution in [-0.2, 0) is 6.54 Å². The Balaban J connectivity index is 2.00. The third kappa shape index (κ3) is 2.97. The number of fused-ring (bicyclic) bond motifs is 1. The SMILES string of the molecule is CC1Sc2ccccc2N(C(=O)c2ccnn2CC(F)F)C1C. The van der Waals surface area contributed by atoms with Gasteiger partial charge in [-0.15, -0.1) is 11.8 Å². The monoisotopic (exact) mass is 337 g/mol. The van der Waals surface area contributed by atoms with Gasteiger partial charge in [0.15, 0.2) is 0 Å². The first-order valence-electron chi connectivity index (χ1n) is 7.38.